The van der Waals surface area contributed by atoms with E-state index in [0.717, 1.165) is 12.8 Å². The van der Waals surface area contributed by atoms with Crippen molar-refractivity contribution >= 4 is 5.91 Å². The zero-order valence-corrected chi connectivity index (χ0v) is 10.5. The molecule has 1 aliphatic rings. The molecule has 2 atom stereocenters. The standard InChI is InChI=1S/C12H23NO3/c1-9(2)4-5-10(3)13-12(14)11-8-15-6-7-16-11/h9-11H,4-8H2,1-3H3,(H,13,14)/t10-,11+/m1/s1. The molecule has 4 heteroatoms. The average Bonchev–Trinajstić information content (AvgIpc) is 2.27. The van der Waals surface area contributed by atoms with Crippen molar-refractivity contribution in [2.75, 3.05) is 19.8 Å². The molecule has 0 saturated carbocycles. The quantitative estimate of drug-likeness (QED) is 0.774. The second kappa shape index (κ2) is 6.86. The molecule has 0 unspecified atom stereocenters. The van der Waals surface area contributed by atoms with Crippen molar-refractivity contribution in [3.8, 4) is 0 Å². The van der Waals surface area contributed by atoms with E-state index in [0.29, 0.717) is 25.7 Å². The Bertz CT molecular complexity index is 212. The van der Waals surface area contributed by atoms with Crippen LogP contribution in [0.5, 0.6) is 0 Å². The van der Waals surface area contributed by atoms with Gasteiger partial charge in [-0.05, 0) is 25.7 Å². The van der Waals surface area contributed by atoms with Gasteiger partial charge in [-0.3, -0.25) is 4.79 Å². The van der Waals surface area contributed by atoms with Gasteiger partial charge in [-0.15, -0.1) is 0 Å². The van der Waals surface area contributed by atoms with Gasteiger partial charge < -0.3 is 14.8 Å². The molecule has 1 N–H and O–H groups in total. The molecule has 1 heterocycles. The van der Waals surface area contributed by atoms with Crippen LogP contribution in [-0.2, 0) is 14.3 Å². The summed E-state index contributed by atoms with van der Waals surface area (Å²) in [6.07, 6.45) is 1.72. The third kappa shape index (κ3) is 4.94. The Morgan fingerprint density at radius 2 is 2.06 bits per heavy atom. The fraction of sp³-hybridized carbons (Fsp3) is 0.917. The molecule has 4 nitrogen and oxygen atoms in total. The summed E-state index contributed by atoms with van der Waals surface area (Å²) >= 11 is 0. The van der Waals surface area contributed by atoms with Crippen LogP contribution in [0.1, 0.15) is 33.6 Å². The lowest BCUT2D eigenvalue weighted by Crippen LogP contribution is -2.45. The van der Waals surface area contributed by atoms with Crippen molar-refractivity contribution in [3.63, 3.8) is 0 Å². The molecule has 0 aromatic rings. The lowest BCUT2D eigenvalue weighted by Gasteiger charge is -2.24. The Morgan fingerprint density at radius 3 is 2.62 bits per heavy atom. The Balaban J connectivity index is 2.21. The molecule has 0 aliphatic carbocycles. The van der Waals surface area contributed by atoms with Crippen LogP contribution in [0.25, 0.3) is 0 Å². The Hall–Kier alpha value is -0.610. The first-order valence-corrected chi connectivity index (χ1v) is 6.09. The van der Waals surface area contributed by atoms with Crippen molar-refractivity contribution in [3.05, 3.63) is 0 Å². The summed E-state index contributed by atoms with van der Waals surface area (Å²) in [7, 11) is 0. The first-order chi connectivity index (χ1) is 7.59. The molecule has 1 fully saturated rings. The predicted molar refractivity (Wildman–Crippen MR) is 62.2 cm³/mol. The lowest BCUT2D eigenvalue weighted by molar-refractivity contribution is -0.148. The molecular formula is C12H23NO3. The monoisotopic (exact) mass is 229 g/mol. The molecule has 0 aromatic carbocycles. The number of hydrogen-bond donors (Lipinski definition) is 1. The van der Waals surface area contributed by atoms with E-state index in [9.17, 15) is 4.79 Å². The normalized spacial score (nSPS) is 23.1. The van der Waals surface area contributed by atoms with Gasteiger partial charge in [0.1, 0.15) is 0 Å². The SMILES string of the molecule is CC(C)CC[C@@H](C)NC(=O)[C@@H]1COCCO1. The summed E-state index contributed by atoms with van der Waals surface area (Å²) in [6.45, 7) is 7.89. The maximum absolute atomic E-state index is 11.7. The zero-order chi connectivity index (χ0) is 12.0. The smallest absolute Gasteiger partial charge is 0.251 e. The Kier molecular flexibility index (Phi) is 5.77. The second-order valence-corrected chi connectivity index (χ2v) is 4.82. The molecule has 0 radical (unpaired) electrons. The van der Waals surface area contributed by atoms with E-state index in [4.69, 9.17) is 9.47 Å². The zero-order valence-electron chi connectivity index (χ0n) is 10.5. The van der Waals surface area contributed by atoms with Gasteiger partial charge in [0.15, 0.2) is 6.10 Å². The maximum atomic E-state index is 11.7. The molecule has 1 rings (SSSR count). The molecule has 0 spiro atoms. The van der Waals surface area contributed by atoms with Gasteiger partial charge in [0.25, 0.3) is 5.91 Å². The summed E-state index contributed by atoms with van der Waals surface area (Å²) < 4.78 is 10.5. The minimum Gasteiger partial charge on any atom is -0.376 e. The van der Waals surface area contributed by atoms with Crippen LogP contribution in [0.4, 0.5) is 0 Å². The number of ether oxygens (including phenoxy) is 2. The average molecular weight is 229 g/mol. The largest absolute Gasteiger partial charge is 0.376 e. The van der Waals surface area contributed by atoms with E-state index in [1.165, 1.54) is 0 Å². The topological polar surface area (TPSA) is 47.6 Å². The van der Waals surface area contributed by atoms with Crippen molar-refractivity contribution in [1.29, 1.82) is 0 Å². The number of nitrogens with one attached hydrogen (secondary N) is 1. The predicted octanol–water partition coefficient (Wildman–Crippen LogP) is 1.34. The molecule has 1 amide bonds. The molecule has 1 saturated heterocycles. The van der Waals surface area contributed by atoms with E-state index in [-0.39, 0.29) is 11.9 Å². The van der Waals surface area contributed by atoms with Crippen molar-refractivity contribution in [1.82, 2.24) is 5.32 Å². The van der Waals surface area contributed by atoms with Crippen LogP contribution >= 0.6 is 0 Å². The summed E-state index contributed by atoms with van der Waals surface area (Å²) in [6, 6.07) is 0.209. The fourth-order valence-corrected chi connectivity index (χ4v) is 1.63. The summed E-state index contributed by atoms with van der Waals surface area (Å²) in [5.41, 5.74) is 0. The number of rotatable bonds is 5. The van der Waals surface area contributed by atoms with Gasteiger partial charge in [0, 0.05) is 6.04 Å². The molecule has 16 heavy (non-hydrogen) atoms. The lowest BCUT2D eigenvalue weighted by atomic mass is 10.0. The summed E-state index contributed by atoms with van der Waals surface area (Å²) in [5.74, 6) is 0.629. The van der Waals surface area contributed by atoms with Crippen LogP contribution in [0.2, 0.25) is 0 Å². The van der Waals surface area contributed by atoms with Gasteiger partial charge in [-0.25, -0.2) is 0 Å². The van der Waals surface area contributed by atoms with Crippen LogP contribution < -0.4 is 5.32 Å². The Labute approximate surface area is 97.7 Å². The third-order valence-electron chi connectivity index (χ3n) is 2.67. The van der Waals surface area contributed by atoms with Gasteiger partial charge in [0.2, 0.25) is 0 Å². The first-order valence-electron chi connectivity index (χ1n) is 6.09. The van der Waals surface area contributed by atoms with Gasteiger partial charge >= 0.3 is 0 Å². The van der Waals surface area contributed by atoms with E-state index in [1.807, 2.05) is 6.92 Å². The molecule has 0 bridgehead atoms. The highest BCUT2D eigenvalue weighted by molar-refractivity contribution is 5.81. The number of amides is 1. The van der Waals surface area contributed by atoms with E-state index >= 15 is 0 Å². The van der Waals surface area contributed by atoms with E-state index in [2.05, 4.69) is 19.2 Å². The number of hydrogen-bond acceptors (Lipinski definition) is 3. The summed E-state index contributed by atoms with van der Waals surface area (Å²) in [4.78, 5) is 11.7. The molecule has 0 aromatic heterocycles. The third-order valence-corrected chi connectivity index (χ3v) is 2.67. The molecular weight excluding hydrogens is 206 g/mol. The first kappa shape index (κ1) is 13.5. The van der Waals surface area contributed by atoms with Crippen LogP contribution in [0.3, 0.4) is 0 Å². The van der Waals surface area contributed by atoms with Crippen molar-refractivity contribution < 1.29 is 14.3 Å². The highest BCUT2D eigenvalue weighted by Crippen LogP contribution is 2.07. The minimum absolute atomic E-state index is 0.0454. The van der Waals surface area contributed by atoms with Gasteiger partial charge in [-0.1, -0.05) is 13.8 Å². The minimum atomic E-state index is -0.421. The van der Waals surface area contributed by atoms with Crippen molar-refractivity contribution in [2.45, 2.75) is 45.8 Å². The number of carbonyl (C=O) groups is 1. The maximum Gasteiger partial charge on any atom is 0.251 e. The fourth-order valence-electron chi connectivity index (χ4n) is 1.63. The van der Waals surface area contributed by atoms with Crippen LogP contribution in [0, 0.1) is 5.92 Å². The molecule has 1 aliphatic heterocycles. The summed E-state index contributed by atoms with van der Waals surface area (Å²) in [5, 5.41) is 2.96. The van der Waals surface area contributed by atoms with E-state index < -0.39 is 6.10 Å². The van der Waals surface area contributed by atoms with Gasteiger partial charge in [-0.2, -0.15) is 0 Å². The second-order valence-electron chi connectivity index (χ2n) is 4.82. The molecule has 94 valence electrons. The van der Waals surface area contributed by atoms with Crippen LogP contribution in [0.15, 0.2) is 0 Å². The number of carbonyl (C=O) groups excluding carboxylic acids is 1. The highest BCUT2D eigenvalue weighted by Gasteiger charge is 2.23. The van der Waals surface area contributed by atoms with Gasteiger partial charge in [0.05, 0.1) is 19.8 Å². The van der Waals surface area contributed by atoms with Crippen LogP contribution in [-0.4, -0.2) is 37.9 Å². The van der Waals surface area contributed by atoms with E-state index in [1.54, 1.807) is 0 Å². The Morgan fingerprint density at radius 1 is 1.31 bits per heavy atom. The highest BCUT2D eigenvalue weighted by atomic mass is 16.6. The van der Waals surface area contributed by atoms with Crippen molar-refractivity contribution in [2.24, 2.45) is 5.92 Å².